The third-order valence-electron chi connectivity index (χ3n) is 5.81. The Balaban J connectivity index is 1.61. The highest BCUT2D eigenvalue weighted by atomic mass is 32.2. The summed E-state index contributed by atoms with van der Waals surface area (Å²) in [6, 6.07) is 14.6. The molecule has 7 nitrogen and oxygen atoms in total. The van der Waals surface area contributed by atoms with Crippen LogP contribution in [0.4, 0.5) is 5.69 Å². The highest BCUT2D eigenvalue weighted by molar-refractivity contribution is 7.90. The van der Waals surface area contributed by atoms with Gasteiger partial charge in [-0.1, -0.05) is 12.1 Å². The molecule has 0 amide bonds. The molecular formula is C23H32N2O5S. The summed E-state index contributed by atoms with van der Waals surface area (Å²) in [5, 5.41) is 23.7. The van der Waals surface area contributed by atoms with Gasteiger partial charge < -0.3 is 25.2 Å². The Bertz CT molecular complexity index is 948. The van der Waals surface area contributed by atoms with Gasteiger partial charge in [-0.2, -0.15) is 0 Å². The third-order valence-corrected chi connectivity index (χ3v) is 6.94. The number of benzene rings is 2. The zero-order valence-electron chi connectivity index (χ0n) is 18.3. The average molecular weight is 449 g/mol. The first-order valence-electron chi connectivity index (χ1n) is 10.3. The van der Waals surface area contributed by atoms with Crippen LogP contribution in [0, 0.1) is 5.41 Å². The lowest BCUT2D eigenvalue weighted by Crippen LogP contribution is -2.38. The predicted octanol–water partition coefficient (Wildman–Crippen LogP) is 1.83. The summed E-state index contributed by atoms with van der Waals surface area (Å²) in [7, 11) is 0.748. The number of aliphatic hydroxyl groups is 2. The zero-order chi connectivity index (χ0) is 22.6. The van der Waals surface area contributed by atoms with Gasteiger partial charge in [-0.3, -0.25) is 0 Å². The van der Waals surface area contributed by atoms with E-state index < -0.39 is 27.5 Å². The summed E-state index contributed by atoms with van der Waals surface area (Å²) in [6.45, 7) is 1.56. The summed E-state index contributed by atoms with van der Waals surface area (Å²) < 4.78 is 29.2. The highest BCUT2D eigenvalue weighted by Gasteiger charge is 2.44. The minimum Gasteiger partial charge on any atom is -0.493 e. The summed E-state index contributed by atoms with van der Waals surface area (Å²) in [5.74, 6) is 0.557. The second-order valence-electron chi connectivity index (χ2n) is 8.74. The van der Waals surface area contributed by atoms with Crippen LogP contribution in [0.2, 0.25) is 0 Å². The third kappa shape index (κ3) is 6.20. The molecule has 170 valence electrons. The van der Waals surface area contributed by atoms with Gasteiger partial charge in [0.15, 0.2) is 9.84 Å². The Hall–Kier alpha value is -2.13. The Morgan fingerprint density at radius 3 is 2.13 bits per heavy atom. The number of sulfone groups is 1. The predicted molar refractivity (Wildman–Crippen MR) is 121 cm³/mol. The van der Waals surface area contributed by atoms with Gasteiger partial charge in [0.2, 0.25) is 0 Å². The van der Waals surface area contributed by atoms with Crippen LogP contribution >= 0.6 is 0 Å². The molecule has 1 unspecified atom stereocenters. The summed E-state index contributed by atoms with van der Waals surface area (Å²) in [5.41, 5.74) is 1.87. The van der Waals surface area contributed by atoms with Crippen molar-refractivity contribution in [2.45, 2.75) is 36.5 Å². The Kier molecular flexibility index (Phi) is 7.26. The maximum Gasteiger partial charge on any atom is 0.175 e. The topological polar surface area (TPSA) is 99.1 Å². The van der Waals surface area contributed by atoms with Crippen LogP contribution in [0.1, 0.15) is 18.4 Å². The molecule has 2 aromatic rings. The number of aliphatic hydroxyl groups excluding tert-OH is 2. The largest absolute Gasteiger partial charge is 0.493 e. The van der Waals surface area contributed by atoms with Crippen molar-refractivity contribution in [2.24, 2.45) is 5.41 Å². The molecule has 2 aromatic carbocycles. The number of rotatable bonds is 9. The standard InChI is InChI=1S/C23H32N2O5S/c1-25(2)18-6-4-17(5-7-18)14-24-15-23(12-21(26)22(27)13-23)16-30-19-8-10-20(11-9-19)31(3,28)29/h4-11,21-22,24,26-27H,12-16H2,1-3H3/t21-,22+,23?. The maximum absolute atomic E-state index is 11.6. The Morgan fingerprint density at radius 2 is 1.61 bits per heavy atom. The highest BCUT2D eigenvalue weighted by Crippen LogP contribution is 2.39. The van der Waals surface area contributed by atoms with Crippen molar-refractivity contribution >= 4 is 15.5 Å². The lowest BCUT2D eigenvalue weighted by atomic mass is 9.86. The fourth-order valence-corrected chi connectivity index (χ4v) is 4.59. The normalized spacial score (nSPS) is 23.6. The molecule has 1 aliphatic carbocycles. The number of hydrogen-bond acceptors (Lipinski definition) is 7. The van der Waals surface area contributed by atoms with Crippen molar-refractivity contribution in [1.29, 1.82) is 0 Å². The molecule has 1 saturated carbocycles. The van der Waals surface area contributed by atoms with E-state index in [1.54, 1.807) is 12.1 Å². The summed E-state index contributed by atoms with van der Waals surface area (Å²) >= 11 is 0. The van der Waals surface area contributed by atoms with Crippen molar-refractivity contribution in [2.75, 3.05) is 38.4 Å². The minimum atomic E-state index is -3.26. The smallest absolute Gasteiger partial charge is 0.175 e. The average Bonchev–Trinajstić information content (AvgIpc) is 3.00. The molecule has 1 aliphatic rings. The number of nitrogens with one attached hydrogen (secondary N) is 1. The van der Waals surface area contributed by atoms with E-state index in [4.69, 9.17) is 4.74 Å². The molecule has 3 N–H and O–H groups in total. The van der Waals surface area contributed by atoms with E-state index in [9.17, 15) is 18.6 Å². The first-order chi connectivity index (χ1) is 14.6. The van der Waals surface area contributed by atoms with Crippen molar-refractivity contribution < 1.29 is 23.4 Å². The number of nitrogens with zero attached hydrogens (tertiary/aromatic N) is 1. The maximum atomic E-state index is 11.6. The van der Waals surface area contributed by atoms with Crippen molar-refractivity contribution in [3.63, 3.8) is 0 Å². The van der Waals surface area contributed by atoms with E-state index in [0.29, 0.717) is 38.3 Å². The van der Waals surface area contributed by atoms with Gasteiger partial charge >= 0.3 is 0 Å². The molecule has 8 heteroatoms. The van der Waals surface area contributed by atoms with Gasteiger partial charge in [0.25, 0.3) is 0 Å². The minimum absolute atomic E-state index is 0.239. The summed E-state index contributed by atoms with van der Waals surface area (Å²) in [6.07, 6.45) is 0.471. The van der Waals surface area contributed by atoms with E-state index >= 15 is 0 Å². The molecule has 0 radical (unpaired) electrons. The fraction of sp³-hybridized carbons (Fsp3) is 0.478. The van der Waals surface area contributed by atoms with Crippen molar-refractivity contribution in [1.82, 2.24) is 5.32 Å². The van der Waals surface area contributed by atoms with E-state index in [1.807, 2.05) is 19.0 Å². The molecule has 0 saturated heterocycles. The SMILES string of the molecule is CN(C)c1ccc(CNCC2(COc3ccc(S(C)(=O)=O)cc3)C[C@@H](O)[C@@H](O)C2)cc1. The van der Waals surface area contributed by atoms with E-state index in [0.717, 1.165) is 11.3 Å². The van der Waals surface area contributed by atoms with Gasteiger partial charge in [-0.25, -0.2) is 8.42 Å². The van der Waals surface area contributed by atoms with Gasteiger partial charge in [0.05, 0.1) is 23.7 Å². The van der Waals surface area contributed by atoms with Gasteiger partial charge in [0.1, 0.15) is 5.75 Å². The first-order valence-corrected chi connectivity index (χ1v) is 12.2. The number of anilines is 1. The monoisotopic (exact) mass is 448 g/mol. The fourth-order valence-electron chi connectivity index (χ4n) is 3.96. The van der Waals surface area contributed by atoms with Gasteiger partial charge in [-0.15, -0.1) is 0 Å². The Morgan fingerprint density at radius 1 is 1.03 bits per heavy atom. The summed E-state index contributed by atoms with van der Waals surface area (Å²) in [4.78, 5) is 2.29. The van der Waals surface area contributed by atoms with E-state index in [1.165, 1.54) is 18.4 Å². The Labute approximate surface area is 184 Å². The molecule has 3 atom stereocenters. The second-order valence-corrected chi connectivity index (χ2v) is 10.8. The van der Waals surface area contributed by atoms with Gasteiger partial charge in [0, 0.05) is 44.5 Å². The van der Waals surface area contributed by atoms with Crippen LogP contribution < -0.4 is 15.0 Å². The van der Waals surface area contributed by atoms with Crippen LogP contribution in [-0.4, -0.2) is 64.3 Å². The molecular weight excluding hydrogens is 416 g/mol. The van der Waals surface area contributed by atoms with Crippen molar-refractivity contribution in [3.05, 3.63) is 54.1 Å². The molecule has 0 bridgehead atoms. The van der Waals surface area contributed by atoms with Gasteiger partial charge in [-0.05, 0) is 54.8 Å². The van der Waals surface area contributed by atoms with Crippen molar-refractivity contribution in [3.8, 4) is 5.75 Å². The number of ether oxygens (including phenoxy) is 1. The quantitative estimate of drug-likeness (QED) is 0.538. The zero-order valence-corrected chi connectivity index (χ0v) is 19.1. The molecule has 0 aliphatic heterocycles. The van der Waals surface area contributed by atoms with Crippen LogP contribution in [-0.2, 0) is 16.4 Å². The first kappa shape index (κ1) is 23.5. The van der Waals surface area contributed by atoms with E-state index in [2.05, 4.69) is 29.6 Å². The molecule has 0 heterocycles. The molecule has 31 heavy (non-hydrogen) atoms. The number of hydrogen-bond donors (Lipinski definition) is 3. The van der Waals surface area contributed by atoms with Crippen LogP contribution in [0.3, 0.4) is 0 Å². The molecule has 3 rings (SSSR count). The second kappa shape index (κ2) is 9.56. The van der Waals surface area contributed by atoms with E-state index in [-0.39, 0.29) is 4.90 Å². The molecule has 0 aromatic heterocycles. The van der Waals surface area contributed by atoms with Crippen LogP contribution in [0.15, 0.2) is 53.4 Å². The van der Waals surface area contributed by atoms with Crippen LogP contribution in [0.25, 0.3) is 0 Å². The van der Waals surface area contributed by atoms with Crippen LogP contribution in [0.5, 0.6) is 5.75 Å². The lowest BCUT2D eigenvalue weighted by Gasteiger charge is -2.29. The molecule has 0 spiro atoms. The lowest BCUT2D eigenvalue weighted by molar-refractivity contribution is 0.0438. The molecule has 1 fully saturated rings.